The van der Waals surface area contributed by atoms with Gasteiger partial charge in [0, 0.05) is 18.1 Å². The van der Waals surface area contributed by atoms with E-state index < -0.39 is 0 Å². The van der Waals surface area contributed by atoms with Gasteiger partial charge in [0.1, 0.15) is 0 Å². The van der Waals surface area contributed by atoms with Crippen LogP contribution in [0.1, 0.15) is 33.6 Å². The molecule has 1 atom stereocenters. The van der Waals surface area contributed by atoms with Gasteiger partial charge >= 0.3 is 0 Å². The maximum Gasteiger partial charge on any atom is 0.188 e. The molecule has 1 rings (SSSR count). The monoisotopic (exact) mass is 212 g/mol. The van der Waals surface area contributed by atoms with E-state index in [1.165, 1.54) is 12.8 Å². The zero-order valence-electron chi connectivity index (χ0n) is 10.3. The lowest BCUT2D eigenvalue weighted by molar-refractivity contribution is 0.253. The molecule has 0 heterocycles. The minimum Gasteiger partial charge on any atom is -0.370 e. The van der Waals surface area contributed by atoms with E-state index >= 15 is 0 Å². The highest BCUT2D eigenvalue weighted by Gasteiger charge is 2.28. The maximum atomic E-state index is 5.74. The third-order valence-electron chi connectivity index (χ3n) is 2.78. The molecule has 1 aliphatic carbocycles. The topological polar surface area (TPSA) is 53.6 Å². The molecule has 1 unspecified atom stereocenters. The van der Waals surface area contributed by atoms with Crippen molar-refractivity contribution in [2.24, 2.45) is 10.7 Å². The fraction of sp³-hybridized carbons (Fsp3) is 0.909. The first kappa shape index (κ1) is 12.3. The van der Waals surface area contributed by atoms with Crippen LogP contribution < -0.4 is 11.1 Å². The summed E-state index contributed by atoms with van der Waals surface area (Å²) in [7, 11) is 2.17. The Labute approximate surface area is 92.9 Å². The number of hydrogen-bond donors (Lipinski definition) is 2. The van der Waals surface area contributed by atoms with Crippen LogP contribution in [-0.4, -0.2) is 42.6 Å². The number of likely N-dealkylation sites (N-methyl/N-ethyl adjacent to an activating group) is 1. The van der Waals surface area contributed by atoms with E-state index in [9.17, 15) is 0 Å². The van der Waals surface area contributed by atoms with Crippen LogP contribution >= 0.6 is 0 Å². The van der Waals surface area contributed by atoms with Crippen LogP contribution in [0.2, 0.25) is 0 Å². The third kappa shape index (κ3) is 4.51. The zero-order valence-corrected chi connectivity index (χ0v) is 10.3. The van der Waals surface area contributed by atoms with Gasteiger partial charge in [-0.1, -0.05) is 0 Å². The predicted molar refractivity (Wildman–Crippen MR) is 65.0 cm³/mol. The molecule has 0 radical (unpaired) electrons. The van der Waals surface area contributed by atoms with Crippen LogP contribution in [-0.2, 0) is 0 Å². The fourth-order valence-corrected chi connectivity index (χ4v) is 1.54. The van der Waals surface area contributed by atoms with E-state index in [0.29, 0.717) is 18.0 Å². The Morgan fingerprint density at radius 2 is 2.07 bits per heavy atom. The van der Waals surface area contributed by atoms with Gasteiger partial charge in [-0.15, -0.1) is 0 Å². The van der Waals surface area contributed by atoms with Crippen molar-refractivity contribution in [3.63, 3.8) is 0 Å². The first-order valence-corrected chi connectivity index (χ1v) is 5.79. The van der Waals surface area contributed by atoms with Crippen molar-refractivity contribution < 1.29 is 0 Å². The van der Waals surface area contributed by atoms with Crippen LogP contribution in [0.5, 0.6) is 0 Å². The van der Waals surface area contributed by atoms with E-state index in [-0.39, 0.29) is 0 Å². The van der Waals surface area contributed by atoms with Gasteiger partial charge in [-0.05, 0) is 40.7 Å². The van der Waals surface area contributed by atoms with Crippen LogP contribution in [0.4, 0.5) is 0 Å². The fourth-order valence-electron chi connectivity index (χ4n) is 1.54. The second-order valence-electron chi connectivity index (χ2n) is 4.77. The largest absolute Gasteiger partial charge is 0.370 e. The molecule has 88 valence electrons. The summed E-state index contributed by atoms with van der Waals surface area (Å²) in [6.07, 6.45) is 2.68. The summed E-state index contributed by atoms with van der Waals surface area (Å²) in [5.41, 5.74) is 5.74. The van der Waals surface area contributed by atoms with Gasteiger partial charge in [0.25, 0.3) is 0 Å². The van der Waals surface area contributed by atoms with Gasteiger partial charge in [0.15, 0.2) is 5.96 Å². The lowest BCUT2D eigenvalue weighted by Crippen LogP contribution is -2.39. The van der Waals surface area contributed by atoms with Crippen molar-refractivity contribution >= 4 is 5.96 Å². The Morgan fingerprint density at radius 3 is 2.53 bits per heavy atom. The second-order valence-corrected chi connectivity index (χ2v) is 4.77. The first-order chi connectivity index (χ1) is 7.00. The van der Waals surface area contributed by atoms with Crippen molar-refractivity contribution in [1.82, 2.24) is 10.2 Å². The molecular formula is C11H24N4. The summed E-state index contributed by atoms with van der Waals surface area (Å²) in [5.74, 6) is 0.557. The number of nitrogens with two attached hydrogens (primary N) is 1. The molecule has 0 saturated heterocycles. The van der Waals surface area contributed by atoms with E-state index in [2.05, 4.69) is 43.0 Å². The maximum absolute atomic E-state index is 5.74. The summed E-state index contributed by atoms with van der Waals surface area (Å²) in [6, 6.07) is 1.62. The lowest BCUT2D eigenvalue weighted by Gasteiger charge is -2.23. The van der Waals surface area contributed by atoms with Crippen molar-refractivity contribution in [3.05, 3.63) is 0 Å². The molecule has 0 bridgehead atoms. The smallest absolute Gasteiger partial charge is 0.188 e. The van der Waals surface area contributed by atoms with Gasteiger partial charge in [0.05, 0.1) is 6.54 Å². The van der Waals surface area contributed by atoms with Crippen LogP contribution in [0, 0.1) is 0 Å². The minimum absolute atomic E-state index is 0.352. The molecule has 1 fully saturated rings. The SMILES string of the molecule is CC(C)NC(N)=NCC(C)N(C)C1CC1. The number of nitrogens with zero attached hydrogens (tertiary/aromatic N) is 2. The Morgan fingerprint density at radius 1 is 1.47 bits per heavy atom. The third-order valence-corrected chi connectivity index (χ3v) is 2.78. The first-order valence-electron chi connectivity index (χ1n) is 5.79. The minimum atomic E-state index is 0.352. The number of hydrogen-bond acceptors (Lipinski definition) is 2. The highest BCUT2D eigenvalue weighted by atomic mass is 15.2. The lowest BCUT2D eigenvalue weighted by atomic mass is 10.3. The number of guanidine groups is 1. The molecule has 0 amide bonds. The molecule has 4 heteroatoms. The molecule has 1 aliphatic rings. The van der Waals surface area contributed by atoms with E-state index in [1.54, 1.807) is 0 Å². The Kier molecular flexibility index (Phi) is 4.39. The van der Waals surface area contributed by atoms with Crippen LogP contribution in [0.25, 0.3) is 0 Å². The summed E-state index contributed by atoms with van der Waals surface area (Å²) in [6.45, 7) is 7.09. The Balaban J connectivity index is 2.27. The van der Waals surface area contributed by atoms with Gasteiger partial charge in [0.2, 0.25) is 0 Å². The number of aliphatic imine (C=N–C) groups is 1. The zero-order chi connectivity index (χ0) is 11.4. The van der Waals surface area contributed by atoms with Gasteiger partial charge in [-0.3, -0.25) is 9.89 Å². The highest BCUT2D eigenvalue weighted by molar-refractivity contribution is 5.78. The number of nitrogens with one attached hydrogen (secondary N) is 1. The molecule has 0 aromatic carbocycles. The van der Waals surface area contributed by atoms with Crippen molar-refractivity contribution in [3.8, 4) is 0 Å². The molecule has 3 N–H and O–H groups in total. The molecule has 0 aromatic rings. The average Bonchev–Trinajstić information content (AvgIpc) is 2.95. The molecule has 4 nitrogen and oxygen atoms in total. The van der Waals surface area contributed by atoms with Crippen LogP contribution in [0.3, 0.4) is 0 Å². The number of rotatable bonds is 5. The molecule has 15 heavy (non-hydrogen) atoms. The standard InChI is InChI=1S/C11H24N4/c1-8(2)14-11(12)13-7-9(3)15(4)10-5-6-10/h8-10H,5-7H2,1-4H3,(H3,12,13,14). The summed E-state index contributed by atoms with van der Waals surface area (Å²) >= 11 is 0. The summed E-state index contributed by atoms with van der Waals surface area (Å²) < 4.78 is 0. The molecule has 0 aromatic heterocycles. The molecular weight excluding hydrogens is 188 g/mol. The molecule has 1 saturated carbocycles. The van der Waals surface area contributed by atoms with Crippen molar-refractivity contribution in [2.45, 2.75) is 51.7 Å². The summed E-state index contributed by atoms with van der Waals surface area (Å²) in [4.78, 5) is 6.73. The van der Waals surface area contributed by atoms with Crippen molar-refractivity contribution in [1.29, 1.82) is 0 Å². The van der Waals surface area contributed by atoms with Crippen molar-refractivity contribution in [2.75, 3.05) is 13.6 Å². The Hall–Kier alpha value is -0.770. The van der Waals surface area contributed by atoms with E-state index in [1.807, 2.05) is 0 Å². The molecule has 0 aliphatic heterocycles. The molecule has 0 spiro atoms. The van der Waals surface area contributed by atoms with Gasteiger partial charge in [-0.2, -0.15) is 0 Å². The van der Waals surface area contributed by atoms with Gasteiger partial charge in [-0.25, -0.2) is 0 Å². The van der Waals surface area contributed by atoms with Crippen LogP contribution in [0.15, 0.2) is 4.99 Å². The normalized spacial score (nSPS) is 19.7. The van der Waals surface area contributed by atoms with Gasteiger partial charge < -0.3 is 11.1 Å². The predicted octanol–water partition coefficient (Wildman–Crippen LogP) is 0.782. The quantitative estimate of drug-likeness (QED) is 0.523. The van der Waals surface area contributed by atoms with E-state index in [0.717, 1.165) is 12.6 Å². The summed E-state index contributed by atoms with van der Waals surface area (Å²) in [5, 5.41) is 3.09. The second kappa shape index (κ2) is 5.35. The Bertz CT molecular complexity index is 221. The highest BCUT2D eigenvalue weighted by Crippen LogP contribution is 2.26. The average molecular weight is 212 g/mol. The van der Waals surface area contributed by atoms with E-state index in [4.69, 9.17) is 5.73 Å².